The van der Waals surface area contributed by atoms with Crippen molar-refractivity contribution in [1.29, 1.82) is 0 Å². The number of amides is 1. The first-order chi connectivity index (χ1) is 8.16. The molecule has 0 heterocycles. The van der Waals surface area contributed by atoms with Gasteiger partial charge in [0, 0.05) is 12.2 Å². The lowest BCUT2D eigenvalue weighted by atomic mass is 10.1. The minimum Gasteiger partial charge on any atom is -0.398 e. The largest absolute Gasteiger partial charge is 0.398 e. The predicted molar refractivity (Wildman–Crippen MR) is 75.8 cm³/mol. The van der Waals surface area contributed by atoms with Crippen LogP contribution in [0.25, 0.3) is 0 Å². The Morgan fingerprint density at radius 1 is 1.47 bits per heavy atom. The van der Waals surface area contributed by atoms with Gasteiger partial charge in [-0.05, 0) is 37.0 Å². The molecule has 0 radical (unpaired) electrons. The monoisotopic (exact) mass is 272 g/mol. The van der Waals surface area contributed by atoms with Crippen molar-refractivity contribution in [3.8, 4) is 0 Å². The maximum atomic E-state index is 11.8. The van der Waals surface area contributed by atoms with Crippen molar-refractivity contribution in [3.63, 3.8) is 0 Å². The number of unbranched alkanes of at least 4 members (excludes halogenated alkanes) is 1. The topological polar surface area (TPSA) is 55.1 Å². The number of hydrogen-bond acceptors (Lipinski definition) is 3. The highest BCUT2D eigenvalue weighted by atomic mass is 35.5. The number of benzene rings is 1. The number of carbonyl (C=O) groups is 1. The molecule has 0 unspecified atom stereocenters. The molecule has 1 aromatic carbocycles. The van der Waals surface area contributed by atoms with Crippen LogP contribution in [0.2, 0.25) is 5.02 Å². The summed E-state index contributed by atoms with van der Waals surface area (Å²) in [7, 11) is 0. The van der Waals surface area contributed by atoms with E-state index in [1.165, 1.54) is 0 Å². The second kappa shape index (κ2) is 7.45. The molecule has 1 amide bonds. The second-order valence-corrected chi connectivity index (χ2v) is 5.05. The van der Waals surface area contributed by atoms with Gasteiger partial charge in [-0.25, -0.2) is 0 Å². The summed E-state index contributed by atoms with van der Waals surface area (Å²) in [4.78, 5) is 11.8. The van der Waals surface area contributed by atoms with Gasteiger partial charge in [-0.15, -0.1) is 0 Å². The normalized spacial score (nSPS) is 10.2. The van der Waals surface area contributed by atoms with E-state index in [9.17, 15) is 4.79 Å². The minimum atomic E-state index is -0.197. The smallest absolute Gasteiger partial charge is 0.254 e. The Kier molecular flexibility index (Phi) is 6.22. The molecule has 17 heavy (non-hydrogen) atoms. The van der Waals surface area contributed by atoms with Crippen molar-refractivity contribution in [2.45, 2.75) is 12.8 Å². The predicted octanol–water partition coefficient (Wildman–Crippen LogP) is 2.80. The van der Waals surface area contributed by atoms with Crippen LogP contribution in [-0.2, 0) is 0 Å². The van der Waals surface area contributed by atoms with Crippen molar-refractivity contribution < 1.29 is 4.79 Å². The molecule has 0 aromatic heterocycles. The van der Waals surface area contributed by atoms with Crippen LogP contribution in [0, 0.1) is 0 Å². The van der Waals surface area contributed by atoms with E-state index in [2.05, 4.69) is 11.6 Å². The molecule has 0 spiro atoms. The first kappa shape index (κ1) is 14.2. The summed E-state index contributed by atoms with van der Waals surface area (Å²) < 4.78 is 0. The standard InChI is InChI=1S/C12H17ClN2OS/c1-17-8-3-2-7-15-12(16)11-9(13)5-4-6-10(11)14/h4-6H,2-3,7-8,14H2,1H3,(H,15,16). The molecule has 1 aromatic rings. The van der Waals surface area contributed by atoms with Crippen molar-refractivity contribution in [3.05, 3.63) is 28.8 Å². The first-order valence-electron chi connectivity index (χ1n) is 5.48. The molecule has 1 rings (SSSR count). The van der Waals surface area contributed by atoms with Crippen molar-refractivity contribution in [2.75, 3.05) is 24.3 Å². The fourth-order valence-electron chi connectivity index (χ4n) is 1.44. The molecule has 0 aliphatic heterocycles. The van der Waals surface area contributed by atoms with Gasteiger partial charge in [-0.2, -0.15) is 11.8 Å². The van der Waals surface area contributed by atoms with Crippen molar-refractivity contribution in [2.24, 2.45) is 0 Å². The number of nitrogens with one attached hydrogen (secondary N) is 1. The highest BCUT2D eigenvalue weighted by Gasteiger charge is 2.12. The van der Waals surface area contributed by atoms with E-state index >= 15 is 0 Å². The Morgan fingerprint density at radius 2 is 2.24 bits per heavy atom. The number of nitrogen functional groups attached to an aromatic ring is 1. The summed E-state index contributed by atoms with van der Waals surface area (Å²) in [5, 5.41) is 3.22. The number of thioether (sulfide) groups is 1. The third kappa shape index (κ3) is 4.48. The quantitative estimate of drug-likeness (QED) is 0.618. The average molecular weight is 273 g/mol. The molecule has 5 heteroatoms. The van der Waals surface area contributed by atoms with Gasteiger partial charge in [0.1, 0.15) is 0 Å². The van der Waals surface area contributed by atoms with Gasteiger partial charge in [0.05, 0.1) is 10.6 Å². The highest BCUT2D eigenvalue weighted by Crippen LogP contribution is 2.21. The molecule has 0 saturated carbocycles. The Labute approximate surface area is 111 Å². The van der Waals surface area contributed by atoms with E-state index in [-0.39, 0.29) is 5.91 Å². The summed E-state index contributed by atoms with van der Waals surface area (Å²) in [6.45, 7) is 0.657. The van der Waals surface area contributed by atoms with Crippen LogP contribution in [0.1, 0.15) is 23.2 Å². The van der Waals surface area contributed by atoms with Gasteiger partial charge in [-0.3, -0.25) is 4.79 Å². The lowest BCUT2D eigenvalue weighted by Crippen LogP contribution is -2.25. The van der Waals surface area contributed by atoms with Crippen LogP contribution in [0.15, 0.2) is 18.2 Å². The van der Waals surface area contributed by atoms with Gasteiger partial charge in [0.25, 0.3) is 5.91 Å². The maximum absolute atomic E-state index is 11.8. The number of rotatable bonds is 6. The Morgan fingerprint density at radius 3 is 2.88 bits per heavy atom. The van der Waals surface area contributed by atoms with Crippen LogP contribution >= 0.6 is 23.4 Å². The lowest BCUT2D eigenvalue weighted by Gasteiger charge is -2.08. The fraction of sp³-hybridized carbons (Fsp3) is 0.417. The summed E-state index contributed by atoms with van der Waals surface area (Å²) in [5.74, 6) is 0.918. The fourth-order valence-corrected chi connectivity index (χ4v) is 2.20. The Balaban J connectivity index is 2.47. The van der Waals surface area contributed by atoms with Gasteiger partial charge < -0.3 is 11.1 Å². The molecule has 3 N–H and O–H groups in total. The molecule has 0 bridgehead atoms. The van der Waals surface area contributed by atoms with E-state index in [0.717, 1.165) is 18.6 Å². The molecule has 0 atom stereocenters. The number of carbonyl (C=O) groups excluding carboxylic acids is 1. The zero-order valence-corrected chi connectivity index (χ0v) is 11.4. The number of hydrogen-bond donors (Lipinski definition) is 2. The summed E-state index contributed by atoms with van der Waals surface area (Å²) in [6.07, 6.45) is 4.14. The van der Waals surface area contributed by atoms with E-state index in [1.807, 2.05) is 11.8 Å². The summed E-state index contributed by atoms with van der Waals surface area (Å²) in [5.41, 5.74) is 6.52. The Bertz CT molecular complexity index is 365. The number of nitrogens with two attached hydrogens (primary N) is 1. The second-order valence-electron chi connectivity index (χ2n) is 3.66. The lowest BCUT2D eigenvalue weighted by molar-refractivity contribution is 0.0954. The van der Waals surface area contributed by atoms with Gasteiger partial charge >= 0.3 is 0 Å². The average Bonchev–Trinajstić information content (AvgIpc) is 2.28. The van der Waals surface area contributed by atoms with E-state index in [0.29, 0.717) is 22.8 Å². The van der Waals surface area contributed by atoms with Gasteiger partial charge in [-0.1, -0.05) is 17.7 Å². The van der Waals surface area contributed by atoms with Gasteiger partial charge in [0.15, 0.2) is 0 Å². The first-order valence-corrected chi connectivity index (χ1v) is 7.25. The molecular weight excluding hydrogens is 256 g/mol. The molecule has 0 aliphatic rings. The van der Waals surface area contributed by atoms with Crippen molar-refractivity contribution in [1.82, 2.24) is 5.32 Å². The molecule has 94 valence electrons. The van der Waals surface area contributed by atoms with E-state index < -0.39 is 0 Å². The minimum absolute atomic E-state index is 0.197. The maximum Gasteiger partial charge on any atom is 0.254 e. The third-order valence-corrected chi connectivity index (χ3v) is 3.35. The number of halogens is 1. The van der Waals surface area contributed by atoms with Crippen molar-refractivity contribution >= 4 is 35.0 Å². The van der Waals surface area contributed by atoms with Crippen LogP contribution in [-0.4, -0.2) is 24.5 Å². The molecule has 0 saturated heterocycles. The summed E-state index contributed by atoms with van der Waals surface area (Å²) >= 11 is 7.75. The summed E-state index contributed by atoms with van der Waals surface area (Å²) in [6, 6.07) is 5.07. The van der Waals surface area contributed by atoms with Gasteiger partial charge in [0.2, 0.25) is 0 Å². The molecule has 0 fully saturated rings. The van der Waals surface area contributed by atoms with E-state index in [4.69, 9.17) is 17.3 Å². The highest BCUT2D eigenvalue weighted by molar-refractivity contribution is 7.98. The van der Waals surface area contributed by atoms with Crippen LogP contribution < -0.4 is 11.1 Å². The molecule has 0 aliphatic carbocycles. The van der Waals surface area contributed by atoms with Crippen LogP contribution in [0.3, 0.4) is 0 Å². The zero-order valence-electron chi connectivity index (χ0n) is 9.83. The Hall–Kier alpha value is -0.870. The van der Waals surface area contributed by atoms with Crippen LogP contribution in [0.4, 0.5) is 5.69 Å². The molecular formula is C12H17ClN2OS. The third-order valence-electron chi connectivity index (χ3n) is 2.33. The zero-order chi connectivity index (χ0) is 12.7. The van der Waals surface area contributed by atoms with E-state index in [1.54, 1.807) is 18.2 Å². The molecule has 3 nitrogen and oxygen atoms in total. The van der Waals surface area contributed by atoms with Crippen LogP contribution in [0.5, 0.6) is 0 Å². The number of anilines is 1. The SMILES string of the molecule is CSCCCCNC(=O)c1c(N)cccc1Cl.